The lowest BCUT2D eigenvalue weighted by Crippen LogP contribution is -2.16. The summed E-state index contributed by atoms with van der Waals surface area (Å²) in [6.07, 6.45) is 3.23. The monoisotopic (exact) mass is 503 g/mol. The molecule has 0 spiro atoms. The minimum Gasteiger partial charge on any atom is -0.478 e. The maximum atomic E-state index is 12.9. The highest BCUT2D eigenvalue weighted by atomic mass is 16.4. The molecule has 0 unspecified atom stereocenters. The first-order chi connectivity index (χ1) is 18.3. The number of pyridine rings is 1. The fraction of sp³-hybridized carbons (Fsp3) is 0.125. The van der Waals surface area contributed by atoms with Gasteiger partial charge in [0.1, 0.15) is 5.69 Å². The molecule has 0 aliphatic heterocycles. The predicted octanol–water partition coefficient (Wildman–Crippen LogP) is 6.31. The van der Waals surface area contributed by atoms with E-state index in [9.17, 15) is 14.7 Å². The number of hydrogen-bond donors (Lipinski definition) is 2. The average Bonchev–Trinajstić information content (AvgIpc) is 2.91. The summed E-state index contributed by atoms with van der Waals surface area (Å²) in [6, 6.07) is 26.0. The van der Waals surface area contributed by atoms with Gasteiger partial charge in [0, 0.05) is 29.9 Å². The zero-order valence-corrected chi connectivity index (χ0v) is 21.6. The van der Waals surface area contributed by atoms with Crippen LogP contribution in [0, 0.1) is 20.8 Å². The second-order valence-electron chi connectivity index (χ2n) is 9.07. The van der Waals surface area contributed by atoms with Crippen LogP contribution in [-0.4, -0.2) is 27.7 Å². The Hall–Kier alpha value is -4.84. The van der Waals surface area contributed by atoms with Crippen molar-refractivity contribution >= 4 is 23.3 Å². The summed E-state index contributed by atoms with van der Waals surface area (Å²) in [5.41, 5.74) is 7.19. The van der Waals surface area contributed by atoms with Gasteiger partial charge in [-0.05, 0) is 55.7 Å². The van der Waals surface area contributed by atoms with E-state index in [1.807, 2.05) is 69.3 Å². The van der Waals surface area contributed by atoms with Gasteiger partial charge in [-0.1, -0.05) is 72.3 Å². The van der Waals surface area contributed by atoms with E-state index in [-0.39, 0.29) is 23.6 Å². The van der Waals surface area contributed by atoms with Crippen molar-refractivity contribution in [1.29, 1.82) is 0 Å². The summed E-state index contributed by atoms with van der Waals surface area (Å²) in [5, 5.41) is 13.0. The minimum atomic E-state index is -1.03. The second kappa shape index (κ2) is 11.9. The standard InChI is InChI=1S/C32H29N3O3/c1-21-17-22(2)27(23(3)18-21)19-25(32(37)38)20-34-30(24-11-5-4-6-12-24)26-13-7-8-14-28(26)35-31(36)29-15-9-10-16-33-29/h4-18,20H,19H2,1-3H3,(H,35,36)(H,37,38)/b25-20-,34-30?. The van der Waals surface area contributed by atoms with E-state index in [2.05, 4.69) is 22.4 Å². The lowest BCUT2D eigenvalue weighted by molar-refractivity contribution is -0.132. The van der Waals surface area contributed by atoms with Crippen LogP contribution in [0.15, 0.2) is 108 Å². The molecule has 0 saturated carbocycles. The summed E-state index contributed by atoms with van der Waals surface area (Å²) >= 11 is 0. The van der Waals surface area contributed by atoms with Crippen LogP contribution in [0.2, 0.25) is 0 Å². The molecule has 1 aromatic heterocycles. The molecule has 1 amide bonds. The number of amides is 1. The highest BCUT2D eigenvalue weighted by Gasteiger charge is 2.16. The Morgan fingerprint density at radius 2 is 1.55 bits per heavy atom. The van der Waals surface area contributed by atoms with Crippen molar-refractivity contribution in [2.45, 2.75) is 27.2 Å². The number of carboxylic acid groups (broad SMARTS) is 1. The molecule has 6 nitrogen and oxygen atoms in total. The van der Waals surface area contributed by atoms with Gasteiger partial charge in [-0.2, -0.15) is 0 Å². The number of aliphatic imine (C=N–C) groups is 1. The minimum absolute atomic E-state index is 0.170. The molecule has 190 valence electrons. The molecular formula is C32H29N3O3. The van der Waals surface area contributed by atoms with E-state index < -0.39 is 5.97 Å². The number of carboxylic acids is 1. The lowest BCUT2D eigenvalue weighted by Gasteiger charge is -2.14. The van der Waals surface area contributed by atoms with Crippen molar-refractivity contribution in [3.05, 3.63) is 142 Å². The van der Waals surface area contributed by atoms with Gasteiger partial charge in [-0.15, -0.1) is 0 Å². The smallest absolute Gasteiger partial charge is 0.333 e. The summed E-state index contributed by atoms with van der Waals surface area (Å²) in [4.78, 5) is 34.0. The zero-order valence-electron chi connectivity index (χ0n) is 21.6. The number of para-hydroxylation sites is 1. The Bertz CT molecular complexity index is 1500. The van der Waals surface area contributed by atoms with Gasteiger partial charge in [0.15, 0.2) is 0 Å². The van der Waals surface area contributed by atoms with Crippen molar-refractivity contribution in [1.82, 2.24) is 4.98 Å². The van der Waals surface area contributed by atoms with Crippen molar-refractivity contribution in [3.8, 4) is 0 Å². The maximum Gasteiger partial charge on any atom is 0.333 e. The first-order valence-electron chi connectivity index (χ1n) is 12.3. The van der Waals surface area contributed by atoms with Crippen molar-refractivity contribution in [3.63, 3.8) is 0 Å². The van der Waals surface area contributed by atoms with Gasteiger partial charge >= 0.3 is 5.97 Å². The molecule has 0 aliphatic rings. The first kappa shape index (κ1) is 26.2. The number of aliphatic carboxylic acids is 1. The SMILES string of the molecule is Cc1cc(C)c(C/C(=C/N=C(c2ccccc2)c2ccccc2NC(=O)c2ccccn2)C(=O)O)c(C)c1. The average molecular weight is 504 g/mol. The van der Waals surface area contributed by atoms with Crippen molar-refractivity contribution < 1.29 is 14.7 Å². The fourth-order valence-electron chi connectivity index (χ4n) is 4.38. The molecule has 0 fully saturated rings. The van der Waals surface area contributed by atoms with E-state index in [0.717, 1.165) is 27.8 Å². The van der Waals surface area contributed by atoms with Crippen LogP contribution in [0.1, 0.15) is 43.9 Å². The first-order valence-corrected chi connectivity index (χ1v) is 12.3. The Kier molecular flexibility index (Phi) is 8.23. The molecule has 0 aliphatic carbocycles. The van der Waals surface area contributed by atoms with Gasteiger partial charge < -0.3 is 10.4 Å². The highest BCUT2D eigenvalue weighted by molar-refractivity contribution is 6.18. The van der Waals surface area contributed by atoms with E-state index in [1.165, 1.54) is 6.20 Å². The molecule has 2 N–H and O–H groups in total. The third-order valence-corrected chi connectivity index (χ3v) is 6.21. The molecule has 4 rings (SSSR count). The number of anilines is 1. The normalized spacial score (nSPS) is 11.8. The lowest BCUT2D eigenvalue weighted by atomic mass is 9.94. The summed E-state index contributed by atoms with van der Waals surface area (Å²) in [6.45, 7) is 6.01. The summed E-state index contributed by atoms with van der Waals surface area (Å²) < 4.78 is 0. The van der Waals surface area contributed by atoms with Crippen molar-refractivity contribution in [2.24, 2.45) is 4.99 Å². The fourth-order valence-corrected chi connectivity index (χ4v) is 4.38. The van der Waals surface area contributed by atoms with Gasteiger partial charge in [0.05, 0.1) is 17.0 Å². The molecule has 3 aromatic carbocycles. The maximum absolute atomic E-state index is 12.9. The van der Waals surface area contributed by atoms with Crippen LogP contribution in [0.3, 0.4) is 0 Å². The number of benzene rings is 3. The number of carbonyl (C=O) groups is 2. The number of nitrogens with one attached hydrogen (secondary N) is 1. The third-order valence-electron chi connectivity index (χ3n) is 6.21. The van der Waals surface area contributed by atoms with Crippen LogP contribution in [-0.2, 0) is 11.2 Å². The van der Waals surface area contributed by atoms with Crippen molar-refractivity contribution in [2.75, 3.05) is 5.32 Å². The summed E-state index contributed by atoms with van der Waals surface area (Å²) in [7, 11) is 0. The number of nitrogens with zero attached hydrogens (tertiary/aromatic N) is 2. The van der Waals surface area contributed by atoms with E-state index in [0.29, 0.717) is 17.0 Å². The molecular weight excluding hydrogens is 474 g/mol. The third kappa shape index (κ3) is 6.28. The molecule has 0 bridgehead atoms. The van der Waals surface area contributed by atoms with E-state index in [4.69, 9.17) is 4.99 Å². The number of hydrogen-bond acceptors (Lipinski definition) is 4. The van der Waals surface area contributed by atoms with Crippen LogP contribution >= 0.6 is 0 Å². The number of rotatable bonds is 8. The molecule has 1 heterocycles. The van der Waals surface area contributed by atoms with Gasteiger partial charge in [-0.3, -0.25) is 14.8 Å². The molecule has 0 radical (unpaired) electrons. The van der Waals surface area contributed by atoms with Gasteiger partial charge in [-0.25, -0.2) is 4.79 Å². The van der Waals surface area contributed by atoms with Crippen LogP contribution in [0.5, 0.6) is 0 Å². The Morgan fingerprint density at radius 1 is 0.895 bits per heavy atom. The predicted molar refractivity (Wildman–Crippen MR) is 151 cm³/mol. The highest BCUT2D eigenvalue weighted by Crippen LogP contribution is 2.23. The van der Waals surface area contributed by atoms with Gasteiger partial charge in [0.2, 0.25) is 0 Å². The van der Waals surface area contributed by atoms with Gasteiger partial charge in [0.25, 0.3) is 5.91 Å². The second-order valence-corrected chi connectivity index (χ2v) is 9.07. The van der Waals surface area contributed by atoms with Crippen LogP contribution < -0.4 is 5.32 Å². The van der Waals surface area contributed by atoms with E-state index >= 15 is 0 Å². The molecule has 4 aromatic rings. The summed E-state index contributed by atoms with van der Waals surface area (Å²) in [5.74, 6) is -1.38. The Labute approximate surface area is 222 Å². The molecule has 0 atom stereocenters. The number of carbonyl (C=O) groups excluding carboxylic acids is 1. The molecule has 0 saturated heterocycles. The Balaban J connectivity index is 1.78. The topological polar surface area (TPSA) is 91.7 Å². The quantitative estimate of drug-likeness (QED) is 0.218. The Morgan fingerprint density at radius 3 is 2.21 bits per heavy atom. The largest absolute Gasteiger partial charge is 0.478 e. The van der Waals surface area contributed by atoms with Crippen LogP contribution in [0.25, 0.3) is 0 Å². The molecule has 6 heteroatoms. The number of aromatic nitrogens is 1. The number of aryl methyl sites for hydroxylation is 3. The van der Waals surface area contributed by atoms with E-state index in [1.54, 1.807) is 30.5 Å². The molecule has 38 heavy (non-hydrogen) atoms. The zero-order chi connectivity index (χ0) is 27.1. The van der Waals surface area contributed by atoms with Crippen LogP contribution in [0.4, 0.5) is 5.69 Å².